The van der Waals surface area contributed by atoms with Gasteiger partial charge in [0.2, 0.25) is 0 Å². The average Bonchev–Trinajstić information content (AvgIpc) is 3.31. The van der Waals surface area contributed by atoms with Crippen LogP contribution in [0.3, 0.4) is 0 Å². The van der Waals surface area contributed by atoms with Gasteiger partial charge in [-0.1, -0.05) is 18.2 Å². The van der Waals surface area contributed by atoms with Gasteiger partial charge in [0.15, 0.2) is 6.61 Å². The minimum absolute atomic E-state index is 0.316. The molecule has 28 heavy (non-hydrogen) atoms. The van der Waals surface area contributed by atoms with E-state index < -0.39 is 5.97 Å². The molecule has 1 heterocycles. The molecule has 1 aliphatic carbocycles. The van der Waals surface area contributed by atoms with E-state index in [1.165, 1.54) is 21.8 Å². The van der Waals surface area contributed by atoms with Crippen molar-refractivity contribution in [3.05, 3.63) is 76.0 Å². The van der Waals surface area contributed by atoms with Gasteiger partial charge in [-0.2, -0.15) is 0 Å². The number of anilines is 1. The van der Waals surface area contributed by atoms with Crippen LogP contribution in [0.25, 0.3) is 0 Å². The second-order valence-corrected chi connectivity index (χ2v) is 7.61. The third-order valence-corrected chi connectivity index (χ3v) is 5.62. The number of hydrogen-bond donors (Lipinski definition) is 1. The van der Waals surface area contributed by atoms with Gasteiger partial charge in [-0.15, -0.1) is 11.3 Å². The van der Waals surface area contributed by atoms with Crippen molar-refractivity contribution in [2.45, 2.75) is 19.3 Å². The minimum atomic E-state index is -0.443. The van der Waals surface area contributed by atoms with Crippen LogP contribution < -0.4 is 10.1 Å². The Bertz CT molecular complexity index is 958. The molecule has 0 saturated heterocycles. The summed E-state index contributed by atoms with van der Waals surface area (Å²) in [6.07, 6.45) is 3.19. The van der Waals surface area contributed by atoms with Crippen molar-refractivity contribution in [2.24, 2.45) is 0 Å². The molecule has 3 aromatic rings. The quantitative estimate of drug-likeness (QED) is 0.610. The molecule has 0 fully saturated rings. The number of esters is 1. The van der Waals surface area contributed by atoms with E-state index in [9.17, 15) is 9.59 Å². The predicted molar refractivity (Wildman–Crippen MR) is 108 cm³/mol. The zero-order valence-electron chi connectivity index (χ0n) is 15.1. The maximum absolute atomic E-state index is 12.1. The molecule has 1 amide bonds. The molecule has 0 unspecified atom stereocenters. The van der Waals surface area contributed by atoms with Crippen molar-refractivity contribution >= 4 is 28.9 Å². The maximum Gasteiger partial charge on any atom is 0.348 e. The van der Waals surface area contributed by atoms with E-state index in [4.69, 9.17) is 9.47 Å². The molecule has 6 heteroatoms. The molecule has 1 N–H and O–H groups in total. The fourth-order valence-corrected chi connectivity index (χ4v) is 4.21. The van der Waals surface area contributed by atoms with Crippen LogP contribution in [0.4, 0.5) is 5.69 Å². The summed E-state index contributed by atoms with van der Waals surface area (Å²) in [5.41, 5.74) is 1.84. The lowest BCUT2D eigenvalue weighted by Crippen LogP contribution is -2.20. The van der Waals surface area contributed by atoms with Gasteiger partial charge in [0.1, 0.15) is 16.4 Å². The molecule has 4 rings (SSSR count). The van der Waals surface area contributed by atoms with Gasteiger partial charge in [0.05, 0.1) is 0 Å². The fourth-order valence-electron chi connectivity index (χ4n) is 3.06. The fraction of sp³-hybridized carbons (Fsp3) is 0.182. The Morgan fingerprint density at radius 2 is 1.71 bits per heavy atom. The van der Waals surface area contributed by atoms with E-state index in [0.717, 1.165) is 25.0 Å². The molecular weight excluding hydrogens is 374 g/mol. The number of ether oxygens (including phenoxy) is 2. The van der Waals surface area contributed by atoms with Crippen LogP contribution in [0.15, 0.2) is 60.7 Å². The SMILES string of the molecule is O=C(COC(=O)c1cc2c(s1)CCC2)Nc1ccc(Oc2ccccc2)cc1. The number of aryl methyl sites for hydroxylation is 2. The first-order chi connectivity index (χ1) is 13.7. The topological polar surface area (TPSA) is 64.6 Å². The van der Waals surface area contributed by atoms with E-state index in [-0.39, 0.29) is 12.5 Å². The van der Waals surface area contributed by atoms with Crippen molar-refractivity contribution in [2.75, 3.05) is 11.9 Å². The number of hydrogen-bond acceptors (Lipinski definition) is 5. The van der Waals surface area contributed by atoms with Gasteiger partial charge in [-0.25, -0.2) is 4.79 Å². The highest BCUT2D eigenvalue weighted by molar-refractivity contribution is 7.14. The van der Waals surface area contributed by atoms with Crippen LogP contribution in [0.1, 0.15) is 26.5 Å². The van der Waals surface area contributed by atoms with E-state index in [1.807, 2.05) is 36.4 Å². The van der Waals surface area contributed by atoms with Crippen LogP contribution in [0.2, 0.25) is 0 Å². The summed E-state index contributed by atoms with van der Waals surface area (Å²) < 4.78 is 10.8. The Hall–Kier alpha value is -3.12. The van der Waals surface area contributed by atoms with Crippen LogP contribution in [-0.2, 0) is 22.4 Å². The lowest BCUT2D eigenvalue weighted by Gasteiger charge is -2.08. The molecular formula is C22H19NO4S. The number of rotatable bonds is 6. The van der Waals surface area contributed by atoms with Gasteiger partial charge < -0.3 is 14.8 Å². The molecule has 0 spiro atoms. The zero-order chi connectivity index (χ0) is 19.3. The van der Waals surface area contributed by atoms with Crippen LogP contribution in [0.5, 0.6) is 11.5 Å². The smallest absolute Gasteiger partial charge is 0.348 e. The van der Waals surface area contributed by atoms with Gasteiger partial charge in [0.25, 0.3) is 5.91 Å². The highest BCUT2D eigenvalue weighted by Crippen LogP contribution is 2.31. The van der Waals surface area contributed by atoms with E-state index >= 15 is 0 Å². The summed E-state index contributed by atoms with van der Waals surface area (Å²) in [4.78, 5) is 26.0. The molecule has 5 nitrogen and oxygen atoms in total. The second kappa shape index (κ2) is 8.27. The number of benzene rings is 2. The molecule has 1 aromatic heterocycles. The van der Waals surface area contributed by atoms with Gasteiger partial charge in [0, 0.05) is 10.6 Å². The van der Waals surface area contributed by atoms with Crippen LogP contribution in [-0.4, -0.2) is 18.5 Å². The lowest BCUT2D eigenvalue weighted by atomic mass is 10.2. The molecule has 0 saturated carbocycles. The number of nitrogens with one attached hydrogen (secondary N) is 1. The number of carbonyl (C=O) groups excluding carboxylic acids is 2. The Kier molecular flexibility index (Phi) is 5.39. The van der Waals surface area contributed by atoms with Crippen molar-refractivity contribution in [1.82, 2.24) is 0 Å². The number of para-hydroxylation sites is 1. The summed E-state index contributed by atoms with van der Waals surface area (Å²) in [5, 5.41) is 2.71. The Morgan fingerprint density at radius 3 is 2.46 bits per heavy atom. The standard InChI is InChI=1S/C22H19NO4S/c24-21(14-26-22(25)20-13-15-5-4-8-19(15)28-20)23-16-9-11-18(12-10-16)27-17-6-2-1-3-7-17/h1-3,6-7,9-13H,4-5,8,14H2,(H,23,24). The Morgan fingerprint density at radius 1 is 0.964 bits per heavy atom. The molecule has 1 aliphatic rings. The first-order valence-electron chi connectivity index (χ1n) is 9.09. The summed E-state index contributed by atoms with van der Waals surface area (Å²) in [5.74, 6) is 0.586. The van der Waals surface area contributed by atoms with Crippen LogP contribution >= 0.6 is 11.3 Å². The first-order valence-corrected chi connectivity index (χ1v) is 9.90. The van der Waals surface area contributed by atoms with Gasteiger partial charge in [-0.3, -0.25) is 4.79 Å². The number of amides is 1. The monoisotopic (exact) mass is 393 g/mol. The largest absolute Gasteiger partial charge is 0.457 e. The van der Waals surface area contributed by atoms with Crippen molar-refractivity contribution in [3.8, 4) is 11.5 Å². The maximum atomic E-state index is 12.1. The first kappa shape index (κ1) is 18.3. The summed E-state index contributed by atoms with van der Waals surface area (Å²) in [6, 6.07) is 18.3. The second-order valence-electron chi connectivity index (χ2n) is 6.48. The molecule has 2 aromatic carbocycles. The molecule has 0 bridgehead atoms. The number of fused-ring (bicyclic) bond motifs is 1. The van der Waals surface area contributed by atoms with Gasteiger partial charge >= 0.3 is 5.97 Å². The van der Waals surface area contributed by atoms with E-state index in [2.05, 4.69) is 5.32 Å². The molecule has 0 atom stereocenters. The summed E-state index contributed by atoms with van der Waals surface area (Å²) >= 11 is 1.47. The Balaban J connectivity index is 1.27. The highest BCUT2D eigenvalue weighted by Gasteiger charge is 2.20. The van der Waals surface area contributed by atoms with Gasteiger partial charge in [-0.05, 0) is 67.3 Å². The number of thiophene rings is 1. The summed E-state index contributed by atoms with van der Waals surface area (Å²) in [7, 11) is 0. The van der Waals surface area contributed by atoms with E-state index in [1.54, 1.807) is 24.3 Å². The molecule has 0 aliphatic heterocycles. The predicted octanol–water partition coefficient (Wildman–Crippen LogP) is 4.82. The van der Waals surface area contributed by atoms with Crippen LogP contribution in [0, 0.1) is 0 Å². The van der Waals surface area contributed by atoms with Crippen molar-refractivity contribution in [3.63, 3.8) is 0 Å². The summed E-state index contributed by atoms with van der Waals surface area (Å²) in [6.45, 7) is -0.316. The minimum Gasteiger partial charge on any atom is -0.457 e. The van der Waals surface area contributed by atoms with E-state index in [0.29, 0.717) is 16.3 Å². The highest BCUT2D eigenvalue weighted by atomic mass is 32.1. The molecule has 142 valence electrons. The number of carbonyl (C=O) groups is 2. The third kappa shape index (κ3) is 4.40. The zero-order valence-corrected chi connectivity index (χ0v) is 16.0. The third-order valence-electron chi connectivity index (χ3n) is 4.40. The lowest BCUT2D eigenvalue weighted by molar-refractivity contribution is -0.119. The normalized spacial score (nSPS) is 12.3. The van der Waals surface area contributed by atoms with Crippen molar-refractivity contribution in [1.29, 1.82) is 0 Å². The molecule has 0 radical (unpaired) electrons. The average molecular weight is 393 g/mol. The Labute approximate surface area is 166 Å². The van der Waals surface area contributed by atoms with Crippen molar-refractivity contribution < 1.29 is 19.1 Å².